The lowest BCUT2D eigenvalue weighted by Crippen LogP contribution is -2.27. The lowest BCUT2D eigenvalue weighted by atomic mass is 9.99. The van der Waals surface area contributed by atoms with Crippen LogP contribution in [0.2, 0.25) is 0 Å². The maximum absolute atomic E-state index is 12.7. The molecule has 1 aromatic heterocycles. The monoisotopic (exact) mass is 307 g/mol. The van der Waals surface area contributed by atoms with Crippen LogP contribution < -0.4 is 5.32 Å². The number of rotatable bonds is 3. The summed E-state index contributed by atoms with van der Waals surface area (Å²) in [6, 6.07) is 14.3. The first-order chi connectivity index (χ1) is 11.0. The number of nitrogens with zero attached hydrogens (tertiary/aromatic N) is 2. The average Bonchev–Trinajstić information content (AvgIpc) is 2.79. The second-order valence-corrected chi connectivity index (χ2v) is 5.93. The van der Waals surface area contributed by atoms with Gasteiger partial charge in [0.25, 0.3) is 5.91 Å². The van der Waals surface area contributed by atoms with Crippen LogP contribution >= 0.6 is 0 Å². The molecule has 0 spiro atoms. The number of hydrogen-bond acceptors (Lipinski definition) is 2. The van der Waals surface area contributed by atoms with E-state index in [-0.39, 0.29) is 11.9 Å². The third kappa shape index (κ3) is 2.72. The number of fused-ring (bicyclic) bond motifs is 1. The Labute approximate surface area is 136 Å². The van der Waals surface area contributed by atoms with Crippen LogP contribution in [-0.2, 0) is 7.05 Å². The summed E-state index contributed by atoms with van der Waals surface area (Å²) < 4.78 is 1.74. The third-order valence-corrected chi connectivity index (χ3v) is 4.37. The molecule has 1 N–H and O–H groups in total. The van der Waals surface area contributed by atoms with Crippen LogP contribution in [0.5, 0.6) is 0 Å². The van der Waals surface area contributed by atoms with Gasteiger partial charge in [-0.05, 0) is 37.1 Å². The highest BCUT2D eigenvalue weighted by Crippen LogP contribution is 2.24. The maximum Gasteiger partial charge on any atom is 0.255 e. The topological polar surface area (TPSA) is 46.9 Å². The number of carbonyl (C=O) groups excluding carboxylic acids is 1. The fourth-order valence-corrected chi connectivity index (χ4v) is 3.08. The van der Waals surface area contributed by atoms with Crippen LogP contribution in [0, 0.1) is 13.8 Å². The molecule has 0 aliphatic heterocycles. The van der Waals surface area contributed by atoms with Crippen molar-refractivity contribution in [2.24, 2.45) is 7.05 Å². The number of aryl methyl sites for hydroxylation is 2. The zero-order chi connectivity index (χ0) is 16.6. The fourth-order valence-electron chi connectivity index (χ4n) is 3.08. The second-order valence-electron chi connectivity index (χ2n) is 5.93. The number of aromatic nitrogens is 2. The number of carbonyl (C=O) groups is 1. The third-order valence-electron chi connectivity index (χ3n) is 4.37. The highest BCUT2D eigenvalue weighted by molar-refractivity contribution is 5.97. The molecule has 0 saturated heterocycles. The van der Waals surface area contributed by atoms with Crippen LogP contribution in [0.4, 0.5) is 0 Å². The molecule has 0 radical (unpaired) electrons. The van der Waals surface area contributed by atoms with Crippen LogP contribution in [0.15, 0.2) is 42.5 Å². The van der Waals surface area contributed by atoms with Crippen molar-refractivity contribution in [1.82, 2.24) is 15.1 Å². The number of amides is 1. The van der Waals surface area contributed by atoms with Crippen molar-refractivity contribution in [3.8, 4) is 0 Å². The lowest BCUT2D eigenvalue weighted by molar-refractivity contribution is 0.0939. The Morgan fingerprint density at radius 3 is 2.52 bits per heavy atom. The van der Waals surface area contributed by atoms with Gasteiger partial charge in [-0.1, -0.05) is 42.5 Å². The molecule has 3 aromatic rings. The van der Waals surface area contributed by atoms with Crippen LogP contribution in [0.25, 0.3) is 10.8 Å². The Morgan fingerprint density at radius 2 is 1.83 bits per heavy atom. The molecule has 1 atom stereocenters. The van der Waals surface area contributed by atoms with Gasteiger partial charge in [0.2, 0.25) is 0 Å². The van der Waals surface area contributed by atoms with E-state index in [1.165, 1.54) is 10.8 Å². The Kier molecular flexibility index (Phi) is 3.90. The maximum atomic E-state index is 12.7. The number of nitrogens with one attached hydrogen (secondary N) is 1. The summed E-state index contributed by atoms with van der Waals surface area (Å²) in [5.74, 6) is -0.0754. The zero-order valence-corrected chi connectivity index (χ0v) is 13.9. The summed E-state index contributed by atoms with van der Waals surface area (Å²) in [7, 11) is 1.85. The van der Waals surface area contributed by atoms with Crippen molar-refractivity contribution < 1.29 is 4.79 Å². The molecule has 118 valence electrons. The van der Waals surface area contributed by atoms with Gasteiger partial charge in [0.05, 0.1) is 17.3 Å². The lowest BCUT2D eigenvalue weighted by Gasteiger charge is -2.17. The van der Waals surface area contributed by atoms with Crippen molar-refractivity contribution in [3.05, 3.63) is 65.0 Å². The predicted molar refractivity (Wildman–Crippen MR) is 92.5 cm³/mol. The van der Waals surface area contributed by atoms with Gasteiger partial charge in [0, 0.05) is 12.7 Å². The minimum atomic E-state index is -0.0763. The molecule has 3 rings (SSSR count). The van der Waals surface area contributed by atoms with E-state index in [9.17, 15) is 4.79 Å². The Morgan fingerprint density at radius 1 is 1.13 bits per heavy atom. The van der Waals surface area contributed by atoms with Gasteiger partial charge in [0.15, 0.2) is 0 Å². The molecule has 0 aliphatic carbocycles. The molecule has 1 unspecified atom stereocenters. The van der Waals surface area contributed by atoms with Crippen molar-refractivity contribution in [1.29, 1.82) is 0 Å². The number of hydrogen-bond donors (Lipinski definition) is 1. The Balaban J connectivity index is 1.92. The molecule has 2 aromatic carbocycles. The van der Waals surface area contributed by atoms with Crippen LogP contribution in [-0.4, -0.2) is 15.7 Å². The van der Waals surface area contributed by atoms with Crippen LogP contribution in [0.3, 0.4) is 0 Å². The minimum Gasteiger partial charge on any atom is -0.345 e. The minimum absolute atomic E-state index is 0.0754. The van der Waals surface area contributed by atoms with E-state index in [0.29, 0.717) is 5.56 Å². The van der Waals surface area contributed by atoms with Crippen molar-refractivity contribution in [2.75, 3.05) is 0 Å². The van der Waals surface area contributed by atoms with Crippen molar-refractivity contribution in [2.45, 2.75) is 26.8 Å². The predicted octanol–water partition coefficient (Wildman–Crippen LogP) is 3.68. The SMILES string of the molecule is Cc1nn(C)c(C)c1C(=O)NC(C)c1cccc2ccccc12. The van der Waals surface area contributed by atoms with E-state index in [2.05, 4.69) is 34.7 Å². The van der Waals surface area contributed by atoms with Gasteiger partial charge >= 0.3 is 0 Å². The molecule has 4 heteroatoms. The summed E-state index contributed by atoms with van der Waals surface area (Å²) in [6.45, 7) is 5.79. The summed E-state index contributed by atoms with van der Waals surface area (Å²) in [6.07, 6.45) is 0. The molecule has 4 nitrogen and oxygen atoms in total. The molecule has 0 bridgehead atoms. The zero-order valence-electron chi connectivity index (χ0n) is 13.9. The first kappa shape index (κ1) is 15.3. The molecular formula is C19H21N3O. The molecular weight excluding hydrogens is 286 g/mol. The van der Waals surface area contributed by atoms with Gasteiger partial charge in [-0.2, -0.15) is 5.10 Å². The number of benzene rings is 2. The summed E-state index contributed by atoms with van der Waals surface area (Å²) >= 11 is 0. The standard InChI is InChI=1S/C19H21N3O/c1-12(16-11-7-9-15-8-5-6-10-17(15)16)20-19(23)18-13(2)21-22(4)14(18)3/h5-12H,1-4H3,(H,20,23). The average molecular weight is 307 g/mol. The van der Waals surface area contributed by atoms with Crippen molar-refractivity contribution >= 4 is 16.7 Å². The Hall–Kier alpha value is -2.62. The molecule has 0 fully saturated rings. The summed E-state index contributed by atoms with van der Waals surface area (Å²) in [5.41, 5.74) is 3.42. The quantitative estimate of drug-likeness (QED) is 0.802. The van der Waals surface area contributed by atoms with Gasteiger partial charge in [-0.25, -0.2) is 0 Å². The molecule has 1 amide bonds. The van der Waals surface area contributed by atoms with Crippen LogP contribution in [0.1, 0.15) is 40.3 Å². The van der Waals surface area contributed by atoms with Crippen molar-refractivity contribution in [3.63, 3.8) is 0 Å². The highest BCUT2D eigenvalue weighted by Gasteiger charge is 2.20. The molecule has 1 heterocycles. The fraction of sp³-hybridized carbons (Fsp3) is 0.263. The largest absolute Gasteiger partial charge is 0.345 e. The first-order valence-electron chi connectivity index (χ1n) is 7.77. The van der Waals surface area contributed by atoms with Gasteiger partial charge in [-0.15, -0.1) is 0 Å². The first-order valence-corrected chi connectivity index (χ1v) is 7.77. The van der Waals surface area contributed by atoms with E-state index < -0.39 is 0 Å². The van der Waals surface area contributed by atoms with Gasteiger partial charge in [-0.3, -0.25) is 9.48 Å². The smallest absolute Gasteiger partial charge is 0.255 e. The van der Waals surface area contributed by atoms with E-state index in [4.69, 9.17) is 0 Å². The van der Waals surface area contributed by atoms with E-state index in [1.807, 2.05) is 46.0 Å². The summed E-state index contributed by atoms with van der Waals surface area (Å²) in [5, 5.41) is 9.77. The summed E-state index contributed by atoms with van der Waals surface area (Å²) in [4.78, 5) is 12.7. The second kappa shape index (κ2) is 5.88. The Bertz CT molecular complexity index is 874. The molecule has 0 saturated carbocycles. The highest BCUT2D eigenvalue weighted by atomic mass is 16.1. The van der Waals surface area contributed by atoms with E-state index in [0.717, 1.165) is 17.0 Å². The van der Waals surface area contributed by atoms with Gasteiger partial charge in [0.1, 0.15) is 0 Å². The molecule has 0 aliphatic rings. The van der Waals surface area contributed by atoms with E-state index in [1.54, 1.807) is 4.68 Å². The molecule has 23 heavy (non-hydrogen) atoms. The normalized spacial score (nSPS) is 12.3. The van der Waals surface area contributed by atoms with Gasteiger partial charge < -0.3 is 5.32 Å². The van der Waals surface area contributed by atoms with E-state index >= 15 is 0 Å².